The molecule has 0 aliphatic rings. The molecule has 0 fully saturated rings. The van der Waals surface area contributed by atoms with Gasteiger partial charge in [-0.15, -0.1) is 0 Å². The first-order valence-corrected chi connectivity index (χ1v) is 8.81. The second-order valence-corrected chi connectivity index (χ2v) is 7.07. The smallest absolute Gasteiger partial charge is 0.272 e. The van der Waals surface area contributed by atoms with Crippen molar-refractivity contribution in [2.24, 2.45) is 14.1 Å². The second-order valence-electron chi connectivity index (χ2n) is 7.07. The lowest BCUT2D eigenvalue weighted by Gasteiger charge is -2.14. The molecular formula is C18H25N7O2. The van der Waals surface area contributed by atoms with Gasteiger partial charge in [-0.2, -0.15) is 15.2 Å². The highest BCUT2D eigenvalue weighted by Crippen LogP contribution is 2.26. The molecule has 9 nitrogen and oxygen atoms in total. The summed E-state index contributed by atoms with van der Waals surface area (Å²) in [5, 5.41) is 12.9. The number of aromatic nitrogens is 6. The first-order chi connectivity index (χ1) is 12.7. The molecule has 3 rings (SSSR count). The number of carbonyl (C=O) groups excluding carboxylic acids is 1. The van der Waals surface area contributed by atoms with Gasteiger partial charge in [-0.1, -0.05) is 19.0 Å². The Morgan fingerprint density at radius 3 is 2.48 bits per heavy atom. The van der Waals surface area contributed by atoms with Crippen LogP contribution in [-0.2, 0) is 20.6 Å². The fraction of sp³-hybridized carbons (Fsp3) is 0.500. The van der Waals surface area contributed by atoms with E-state index in [9.17, 15) is 4.79 Å². The van der Waals surface area contributed by atoms with E-state index in [0.29, 0.717) is 17.4 Å². The fourth-order valence-corrected chi connectivity index (χ4v) is 2.98. The van der Waals surface area contributed by atoms with Gasteiger partial charge in [0.05, 0.1) is 17.9 Å². The van der Waals surface area contributed by atoms with Crippen LogP contribution < -0.4 is 0 Å². The molecule has 3 heterocycles. The van der Waals surface area contributed by atoms with Crippen molar-refractivity contribution >= 4 is 5.91 Å². The third-order valence-electron chi connectivity index (χ3n) is 4.57. The zero-order chi connectivity index (χ0) is 19.9. The van der Waals surface area contributed by atoms with Crippen molar-refractivity contribution in [3.8, 4) is 11.3 Å². The molecule has 1 amide bonds. The van der Waals surface area contributed by atoms with Crippen molar-refractivity contribution < 1.29 is 9.32 Å². The maximum atomic E-state index is 12.9. The minimum Gasteiger partial charge on any atom is -0.339 e. The lowest BCUT2D eigenvalue weighted by Crippen LogP contribution is -2.28. The normalized spacial score (nSPS) is 11.4. The van der Waals surface area contributed by atoms with Gasteiger partial charge in [-0.3, -0.25) is 14.2 Å². The van der Waals surface area contributed by atoms with Crippen molar-refractivity contribution in [3.63, 3.8) is 0 Å². The van der Waals surface area contributed by atoms with Gasteiger partial charge >= 0.3 is 0 Å². The van der Waals surface area contributed by atoms with Crippen LogP contribution in [0.5, 0.6) is 0 Å². The summed E-state index contributed by atoms with van der Waals surface area (Å²) in [6.45, 7) is 8.14. The lowest BCUT2D eigenvalue weighted by molar-refractivity contribution is 0.0769. The zero-order valence-electron chi connectivity index (χ0n) is 16.8. The number of nitrogens with zero attached hydrogens (tertiary/aromatic N) is 7. The third-order valence-corrected chi connectivity index (χ3v) is 4.57. The van der Waals surface area contributed by atoms with Crippen LogP contribution in [0.4, 0.5) is 0 Å². The number of hydrogen-bond acceptors (Lipinski definition) is 6. The van der Waals surface area contributed by atoms with Gasteiger partial charge in [0, 0.05) is 38.3 Å². The topological polar surface area (TPSA) is 94.9 Å². The molecule has 0 aromatic carbocycles. The minimum absolute atomic E-state index is 0.151. The molecule has 0 saturated heterocycles. The molecule has 0 radical (unpaired) electrons. The summed E-state index contributed by atoms with van der Waals surface area (Å²) < 4.78 is 8.61. The Labute approximate surface area is 158 Å². The Kier molecular flexibility index (Phi) is 4.86. The second kappa shape index (κ2) is 6.98. The molecule has 0 bridgehead atoms. The standard InChI is InChI=1S/C18H25N7O2/c1-10(2)17-19-15(22-27-17)9-23(5)18(26)14-8-13(21-25(14)7)16-11(3)20-24(6)12(16)4/h8,10H,9H2,1-7H3. The molecular weight excluding hydrogens is 346 g/mol. The van der Waals surface area contributed by atoms with E-state index in [2.05, 4.69) is 20.3 Å². The summed E-state index contributed by atoms with van der Waals surface area (Å²) in [4.78, 5) is 18.8. The van der Waals surface area contributed by atoms with E-state index in [4.69, 9.17) is 4.52 Å². The van der Waals surface area contributed by atoms with Gasteiger partial charge in [-0.05, 0) is 19.9 Å². The van der Waals surface area contributed by atoms with Crippen molar-refractivity contribution in [3.05, 3.63) is 34.9 Å². The summed E-state index contributed by atoms with van der Waals surface area (Å²) in [5.74, 6) is 1.04. The summed E-state index contributed by atoms with van der Waals surface area (Å²) in [5.41, 5.74) is 4.07. The zero-order valence-corrected chi connectivity index (χ0v) is 16.8. The minimum atomic E-state index is -0.161. The Hall–Kier alpha value is -2.97. The molecule has 27 heavy (non-hydrogen) atoms. The third kappa shape index (κ3) is 3.49. The molecule has 9 heteroatoms. The molecule has 0 aliphatic carbocycles. The largest absolute Gasteiger partial charge is 0.339 e. The van der Waals surface area contributed by atoms with E-state index >= 15 is 0 Å². The Morgan fingerprint density at radius 2 is 1.93 bits per heavy atom. The van der Waals surface area contributed by atoms with E-state index in [-0.39, 0.29) is 18.4 Å². The molecule has 3 aromatic rings. The van der Waals surface area contributed by atoms with Gasteiger partial charge < -0.3 is 9.42 Å². The number of amides is 1. The average Bonchev–Trinajstić information content (AvgIpc) is 3.26. The predicted octanol–water partition coefficient (Wildman–Crippen LogP) is 2.22. The van der Waals surface area contributed by atoms with Crippen LogP contribution in [0.2, 0.25) is 0 Å². The first-order valence-electron chi connectivity index (χ1n) is 8.81. The molecule has 0 atom stereocenters. The van der Waals surface area contributed by atoms with Gasteiger partial charge in [0.15, 0.2) is 5.82 Å². The summed E-state index contributed by atoms with van der Waals surface area (Å²) in [6.07, 6.45) is 0. The van der Waals surface area contributed by atoms with E-state index < -0.39 is 0 Å². The molecule has 0 unspecified atom stereocenters. The number of carbonyl (C=O) groups is 1. The van der Waals surface area contributed by atoms with Gasteiger partial charge in [0.25, 0.3) is 5.91 Å². The lowest BCUT2D eigenvalue weighted by atomic mass is 10.1. The first kappa shape index (κ1) is 18.8. The van der Waals surface area contributed by atoms with Gasteiger partial charge in [0.2, 0.25) is 5.89 Å². The van der Waals surface area contributed by atoms with Crippen LogP contribution in [-0.4, -0.2) is 47.6 Å². The Morgan fingerprint density at radius 1 is 1.22 bits per heavy atom. The number of aryl methyl sites for hydroxylation is 3. The Balaban J connectivity index is 1.83. The summed E-state index contributed by atoms with van der Waals surface area (Å²) in [6, 6.07) is 1.80. The predicted molar refractivity (Wildman–Crippen MR) is 99.1 cm³/mol. The van der Waals surface area contributed by atoms with E-state index in [1.54, 1.807) is 29.7 Å². The van der Waals surface area contributed by atoms with E-state index in [1.165, 1.54) is 0 Å². The molecule has 3 aromatic heterocycles. The van der Waals surface area contributed by atoms with Crippen LogP contribution in [0.1, 0.15) is 53.4 Å². The molecule has 0 N–H and O–H groups in total. The highest BCUT2D eigenvalue weighted by Gasteiger charge is 2.22. The number of hydrogen-bond donors (Lipinski definition) is 0. The van der Waals surface area contributed by atoms with Crippen molar-refractivity contribution in [1.82, 2.24) is 34.6 Å². The average molecular weight is 371 g/mol. The van der Waals surface area contributed by atoms with Crippen LogP contribution in [0.25, 0.3) is 11.3 Å². The molecule has 144 valence electrons. The van der Waals surface area contributed by atoms with Crippen LogP contribution in [0.3, 0.4) is 0 Å². The highest BCUT2D eigenvalue weighted by molar-refractivity contribution is 5.93. The highest BCUT2D eigenvalue weighted by atomic mass is 16.5. The number of rotatable bonds is 5. The van der Waals surface area contributed by atoms with E-state index in [0.717, 1.165) is 22.6 Å². The molecule has 0 aliphatic heterocycles. The SMILES string of the molecule is Cc1nn(C)c(C)c1-c1cc(C(=O)N(C)Cc2noc(C(C)C)n2)n(C)n1. The maximum absolute atomic E-state index is 12.9. The van der Waals surface area contributed by atoms with Crippen molar-refractivity contribution in [2.45, 2.75) is 40.2 Å². The molecule has 0 saturated carbocycles. The summed E-state index contributed by atoms with van der Waals surface area (Å²) >= 11 is 0. The molecule has 0 spiro atoms. The van der Waals surface area contributed by atoms with Gasteiger partial charge in [0.1, 0.15) is 5.69 Å². The van der Waals surface area contributed by atoms with Crippen LogP contribution >= 0.6 is 0 Å². The van der Waals surface area contributed by atoms with E-state index in [1.807, 2.05) is 39.4 Å². The summed E-state index contributed by atoms with van der Waals surface area (Å²) in [7, 11) is 5.36. The van der Waals surface area contributed by atoms with Crippen LogP contribution in [0.15, 0.2) is 10.6 Å². The Bertz CT molecular complexity index is 980. The van der Waals surface area contributed by atoms with Gasteiger partial charge in [-0.25, -0.2) is 0 Å². The monoisotopic (exact) mass is 371 g/mol. The quantitative estimate of drug-likeness (QED) is 0.682. The van der Waals surface area contributed by atoms with Crippen LogP contribution in [0, 0.1) is 13.8 Å². The van der Waals surface area contributed by atoms with Crippen molar-refractivity contribution in [2.75, 3.05) is 7.05 Å². The fourth-order valence-electron chi connectivity index (χ4n) is 2.98. The maximum Gasteiger partial charge on any atom is 0.272 e. The van der Waals surface area contributed by atoms with Crippen molar-refractivity contribution in [1.29, 1.82) is 0 Å².